The van der Waals surface area contributed by atoms with E-state index in [4.69, 9.17) is 27.5 Å². The standard InChI is InChI=1S/C13H13ClN4O/c1-2-8-7-9(3-4-10(8)14)19-13-11(12(15)16)17-5-6-18-13/h3-7H,2H2,1H3,(H3,15,16). The van der Waals surface area contributed by atoms with Crippen LogP contribution in [0.25, 0.3) is 0 Å². The van der Waals surface area contributed by atoms with Gasteiger partial charge in [0.25, 0.3) is 0 Å². The number of nitrogens with zero attached hydrogens (tertiary/aromatic N) is 2. The van der Waals surface area contributed by atoms with Crippen molar-refractivity contribution in [3.63, 3.8) is 0 Å². The number of nitrogens with two attached hydrogens (primary N) is 1. The molecule has 0 atom stereocenters. The summed E-state index contributed by atoms with van der Waals surface area (Å²) in [5.74, 6) is 0.608. The van der Waals surface area contributed by atoms with Crippen molar-refractivity contribution in [3.8, 4) is 11.6 Å². The molecule has 6 heteroatoms. The second-order valence-corrected chi connectivity index (χ2v) is 4.24. The maximum absolute atomic E-state index is 7.43. The van der Waals surface area contributed by atoms with Gasteiger partial charge in [-0.05, 0) is 30.2 Å². The summed E-state index contributed by atoms with van der Waals surface area (Å²) in [6, 6.07) is 5.33. The Morgan fingerprint density at radius 1 is 1.37 bits per heavy atom. The first-order chi connectivity index (χ1) is 9.11. The molecule has 2 aromatic rings. The number of benzene rings is 1. The highest BCUT2D eigenvalue weighted by atomic mass is 35.5. The highest BCUT2D eigenvalue weighted by molar-refractivity contribution is 6.31. The van der Waals surface area contributed by atoms with E-state index < -0.39 is 0 Å². The summed E-state index contributed by atoms with van der Waals surface area (Å²) in [6.45, 7) is 2.01. The van der Waals surface area contributed by atoms with Gasteiger partial charge in [-0.1, -0.05) is 18.5 Å². The third-order valence-electron chi connectivity index (χ3n) is 2.53. The highest BCUT2D eigenvalue weighted by Gasteiger charge is 2.11. The molecule has 0 radical (unpaired) electrons. The van der Waals surface area contributed by atoms with Crippen molar-refractivity contribution in [1.82, 2.24) is 9.97 Å². The van der Waals surface area contributed by atoms with Crippen LogP contribution >= 0.6 is 11.6 Å². The van der Waals surface area contributed by atoms with Crippen LogP contribution in [0.3, 0.4) is 0 Å². The number of amidine groups is 1. The first kappa shape index (κ1) is 13.3. The lowest BCUT2D eigenvalue weighted by molar-refractivity contribution is 0.458. The van der Waals surface area contributed by atoms with Crippen molar-refractivity contribution in [2.24, 2.45) is 5.73 Å². The molecule has 0 aliphatic heterocycles. The number of nitrogen functional groups attached to an aromatic ring is 1. The molecule has 0 spiro atoms. The Bertz CT molecular complexity index is 615. The summed E-state index contributed by atoms with van der Waals surface area (Å²) in [7, 11) is 0. The lowest BCUT2D eigenvalue weighted by Crippen LogP contribution is -2.15. The number of halogens is 1. The molecule has 0 saturated carbocycles. The lowest BCUT2D eigenvalue weighted by atomic mass is 10.1. The molecule has 2 rings (SSSR count). The largest absolute Gasteiger partial charge is 0.437 e. The van der Waals surface area contributed by atoms with Gasteiger partial charge in [-0.3, -0.25) is 5.41 Å². The summed E-state index contributed by atoms with van der Waals surface area (Å²) in [6.07, 6.45) is 3.75. The smallest absolute Gasteiger partial charge is 0.249 e. The fourth-order valence-electron chi connectivity index (χ4n) is 1.58. The van der Waals surface area contributed by atoms with E-state index in [1.807, 2.05) is 13.0 Å². The summed E-state index contributed by atoms with van der Waals surface area (Å²) in [4.78, 5) is 8.01. The van der Waals surface area contributed by atoms with Crippen molar-refractivity contribution in [2.45, 2.75) is 13.3 Å². The zero-order valence-corrected chi connectivity index (χ0v) is 11.1. The van der Waals surface area contributed by atoms with Crippen molar-refractivity contribution >= 4 is 17.4 Å². The SMILES string of the molecule is CCc1cc(Oc2nccnc2C(=N)N)ccc1Cl. The van der Waals surface area contributed by atoms with E-state index in [9.17, 15) is 0 Å². The molecular weight excluding hydrogens is 264 g/mol. The molecule has 0 fully saturated rings. The normalized spacial score (nSPS) is 10.2. The second-order valence-electron chi connectivity index (χ2n) is 3.83. The summed E-state index contributed by atoms with van der Waals surface area (Å²) < 4.78 is 5.62. The maximum Gasteiger partial charge on any atom is 0.249 e. The molecular formula is C13H13ClN4O. The Kier molecular flexibility index (Phi) is 3.97. The van der Waals surface area contributed by atoms with Gasteiger partial charge in [0.05, 0.1) is 0 Å². The third-order valence-corrected chi connectivity index (χ3v) is 2.90. The molecule has 0 aliphatic carbocycles. The van der Waals surface area contributed by atoms with Crippen LogP contribution < -0.4 is 10.5 Å². The number of ether oxygens (including phenoxy) is 1. The molecule has 19 heavy (non-hydrogen) atoms. The van der Waals surface area contributed by atoms with Gasteiger partial charge in [0.2, 0.25) is 5.88 Å². The number of hydrogen-bond acceptors (Lipinski definition) is 4. The van der Waals surface area contributed by atoms with Crippen LogP contribution in [-0.4, -0.2) is 15.8 Å². The Labute approximate surface area is 115 Å². The lowest BCUT2D eigenvalue weighted by Gasteiger charge is -2.09. The highest BCUT2D eigenvalue weighted by Crippen LogP contribution is 2.26. The average Bonchev–Trinajstić information content (AvgIpc) is 2.41. The van der Waals surface area contributed by atoms with Gasteiger partial charge >= 0.3 is 0 Å². The number of aromatic nitrogens is 2. The van der Waals surface area contributed by atoms with Crippen molar-refractivity contribution in [1.29, 1.82) is 5.41 Å². The predicted molar refractivity (Wildman–Crippen MR) is 74.0 cm³/mol. The molecule has 3 N–H and O–H groups in total. The minimum Gasteiger partial charge on any atom is -0.437 e. The predicted octanol–water partition coefficient (Wildman–Crippen LogP) is 2.77. The summed E-state index contributed by atoms with van der Waals surface area (Å²) in [5, 5.41) is 8.12. The molecule has 0 aliphatic rings. The van der Waals surface area contributed by atoms with Crippen molar-refractivity contribution in [3.05, 3.63) is 46.9 Å². The average molecular weight is 277 g/mol. The van der Waals surface area contributed by atoms with E-state index in [1.54, 1.807) is 12.1 Å². The Balaban J connectivity index is 2.34. The minimum atomic E-state index is -0.187. The van der Waals surface area contributed by atoms with Gasteiger partial charge in [-0.25, -0.2) is 9.97 Å². The molecule has 0 saturated heterocycles. The number of aryl methyl sites for hydroxylation is 1. The van der Waals surface area contributed by atoms with Gasteiger partial charge < -0.3 is 10.5 Å². The molecule has 0 unspecified atom stereocenters. The number of rotatable bonds is 4. The van der Waals surface area contributed by atoms with Gasteiger partial charge in [-0.15, -0.1) is 0 Å². The topological polar surface area (TPSA) is 84.9 Å². The maximum atomic E-state index is 7.43. The number of hydrogen-bond donors (Lipinski definition) is 2. The molecule has 98 valence electrons. The molecule has 1 aromatic heterocycles. The first-order valence-corrected chi connectivity index (χ1v) is 6.11. The molecule has 1 heterocycles. The van der Waals surface area contributed by atoms with Crippen LogP contribution in [-0.2, 0) is 6.42 Å². The van der Waals surface area contributed by atoms with E-state index in [1.165, 1.54) is 12.4 Å². The Hall–Kier alpha value is -2.14. The van der Waals surface area contributed by atoms with Crippen LogP contribution in [0, 0.1) is 5.41 Å². The van der Waals surface area contributed by atoms with Crippen LogP contribution in [0.5, 0.6) is 11.6 Å². The van der Waals surface area contributed by atoms with Crippen LogP contribution in [0.2, 0.25) is 5.02 Å². The molecule has 0 amide bonds. The van der Waals surface area contributed by atoms with E-state index >= 15 is 0 Å². The van der Waals surface area contributed by atoms with Gasteiger partial charge in [0.15, 0.2) is 5.69 Å². The monoisotopic (exact) mass is 276 g/mol. The van der Waals surface area contributed by atoms with E-state index in [2.05, 4.69) is 9.97 Å². The van der Waals surface area contributed by atoms with E-state index in [0.29, 0.717) is 10.8 Å². The Morgan fingerprint density at radius 2 is 2.11 bits per heavy atom. The van der Waals surface area contributed by atoms with Crippen LogP contribution in [0.4, 0.5) is 0 Å². The zero-order valence-electron chi connectivity index (χ0n) is 10.4. The van der Waals surface area contributed by atoms with E-state index in [0.717, 1.165) is 12.0 Å². The van der Waals surface area contributed by atoms with E-state index in [-0.39, 0.29) is 17.4 Å². The summed E-state index contributed by atoms with van der Waals surface area (Å²) >= 11 is 6.04. The first-order valence-electron chi connectivity index (χ1n) is 5.73. The van der Waals surface area contributed by atoms with Gasteiger partial charge in [0, 0.05) is 17.4 Å². The van der Waals surface area contributed by atoms with Gasteiger partial charge in [-0.2, -0.15) is 0 Å². The fourth-order valence-corrected chi connectivity index (χ4v) is 1.83. The molecule has 5 nitrogen and oxygen atoms in total. The van der Waals surface area contributed by atoms with Crippen LogP contribution in [0.15, 0.2) is 30.6 Å². The third kappa shape index (κ3) is 3.00. The second kappa shape index (κ2) is 5.67. The Morgan fingerprint density at radius 3 is 2.79 bits per heavy atom. The minimum absolute atomic E-state index is 0.187. The molecule has 0 bridgehead atoms. The van der Waals surface area contributed by atoms with Crippen molar-refractivity contribution < 1.29 is 4.74 Å². The van der Waals surface area contributed by atoms with Crippen LogP contribution in [0.1, 0.15) is 18.2 Å². The quantitative estimate of drug-likeness (QED) is 0.664. The zero-order chi connectivity index (χ0) is 13.8. The summed E-state index contributed by atoms with van der Waals surface area (Å²) in [5.41, 5.74) is 6.63. The van der Waals surface area contributed by atoms with Crippen molar-refractivity contribution in [2.75, 3.05) is 0 Å². The molecule has 1 aromatic carbocycles. The van der Waals surface area contributed by atoms with Gasteiger partial charge in [0.1, 0.15) is 11.6 Å². The number of nitrogens with one attached hydrogen (secondary N) is 1. The fraction of sp³-hybridized carbons (Fsp3) is 0.154.